The number of carbonyl (C=O) groups is 3. The third-order valence-corrected chi connectivity index (χ3v) is 3.99. The van der Waals surface area contributed by atoms with E-state index in [1.807, 2.05) is 30.3 Å². The van der Waals surface area contributed by atoms with Gasteiger partial charge in [0.2, 0.25) is 17.7 Å². The third-order valence-electron chi connectivity index (χ3n) is 3.99. The molecule has 0 saturated heterocycles. The summed E-state index contributed by atoms with van der Waals surface area (Å²) < 4.78 is 13.0. The van der Waals surface area contributed by atoms with Crippen molar-refractivity contribution in [3.8, 4) is 0 Å². The number of amides is 3. The highest BCUT2D eigenvalue weighted by molar-refractivity contribution is 5.91. The minimum atomic E-state index is -0.977. The van der Waals surface area contributed by atoms with Gasteiger partial charge in [-0.3, -0.25) is 14.4 Å². The van der Waals surface area contributed by atoms with Crippen molar-refractivity contribution < 1.29 is 18.8 Å². The largest absolute Gasteiger partial charge is 0.368 e. The summed E-state index contributed by atoms with van der Waals surface area (Å²) in [5, 5.41) is 5.17. The van der Waals surface area contributed by atoms with Crippen molar-refractivity contribution in [2.75, 3.05) is 0 Å². The Bertz CT molecular complexity index is 794. The molecule has 7 heteroatoms. The molecule has 2 aromatic carbocycles. The summed E-state index contributed by atoms with van der Waals surface area (Å²) in [5.74, 6) is -1.99. The average Bonchev–Trinajstić information content (AvgIpc) is 2.62. The number of rotatable bonds is 8. The van der Waals surface area contributed by atoms with Crippen LogP contribution in [0, 0.1) is 5.82 Å². The van der Waals surface area contributed by atoms with E-state index in [0.29, 0.717) is 5.56 Å². The number of nitrogens with two attached hydrogens (primary N) is 1. The van der Waals surface area contributed by atoms with Gasteiger partial charge in [0.1, 0.15) is 17.9 Å². The van der Waals surface area contributed by atoms with Gasteiger partial charge in [0.05, 0.1) is 0 Å². The van der Waals surface area contributed by atoms with Gasteiger partial charge in [-0.25, -0.2) is 4.39 Å². The molecule has 0 aliphatic carbocycles. The van der Waals surface area contributed by atoms with Crippen molar-refractivity contribution in [1.29, 1.82) is 0 Å². The predicted octanol–water partition coefficient (Wildman–Crippen LogP) is 1.09. The lowest BCUT2D eigenvalue weighted by Crippen LogP contribution is -2.54. The zero-order chi connectivity index (χ0) is 19.8. The fourth-order valence-electron chi connectivity index (χ4n) is 2.66. The monoisotopic (exact) mass is 371 g/mol. The first kappa shape index (κ1) is 20.1. The molecular weight excluding hydrogens is 349 g/mol. The zero-order valence-electron chi connectivity index (χ0n) is 14.9. The molecular formula is C20H22FN3O3. The highest BCUT2D eigenvalue weighted by Gasteiger charge is 2.25. The molecule has 2 rings (SSSR count). The Morgan fingerprint density at radius 2 is 1.44 bits per heavy atom. The number of hydrogen-bond donors (Lipinski definition) is 3. The molecule has 0 aromatic heterocycles. The molecule has 0 bridgehead atoms. The first-order valence-corrected chi connectivity index (χ1v) is 8.50. The van der Waals surface area contributed by atoms with E-state index in [0.717, 1.165) is 5.56 Å². The van der Waals surface area contributed by atoms with Crippen LogP contribution in [0.4, 0.5) is 4.39 Å². The van der Waals surface area contributed by atoms with Crippen molar-refractivity contribution in [2.24, 2.45) is 5.73 Å². The lowest BCUT2D eigenvalue weighted by Gasteiger charge is -2.22. The molecule has 0 fully saturated rings. The lowest BCUT2D eigenvalue weighted by molar-refractivity contribution is -0.130. The Morgan fingerprint density at radius 1 is 0.889 bits per heavy atom. The molecule has 0 aliphatic rings. The molecule has 0 spiro atoms. The summed E-state index contributed by atoms with van der Waals surface area (Å²) in [7, 11) is 0. The van der Waals surface area contributed by atoms with Crippen molar-refractivity contribution >= 4 is 17.7 Å². The molecule has 0 radical (unpaired) electrons. The van der Waals surface area contributed by atoms with Crippen molar-refractivity contribution in [1.82, 2.24) is 10.6 Å². The average molecular weight is 371 g/mol. The normalized spacial score (nSPS) is 12.7. The van der Waals surface area contributed by atoms with E-state index in [-0.39, 0.29) is 18.7 Å². The van der Waals surface area contributed by atoms with Crippen molar-refractivity contribution in [3.05, 3.63) is 71.5 Å². The van der Waals surface area contributed by atoms with Gasteiger partial charge in [0.15, 0.2) is 0 Å². The SMILES string of the molecule is CC(=O)N[C@@H](Cc1ccccc1)C(=O)N[C@@H](Cc1ccc(F)cc1)C(N)=O. The maximum absolute atomic E-state index is 13.0. The fourth-order valence-corrected chi connectivity index (χ4v) is 2.66. The van der Waals surface area contributed by atoms with Crippen LogP contribution in [0.5, 0.6) is 0 Å². The van der Waals surface area contributed by atoms with Crippen LogP contribution in [0.2, 0.25) is 0 Å². The van der Waals surface area contributed by atoms with Gasteiger partial charge in [-0.05, 0) is 23.3 Å². The molecule has 6 nitrogen and oxygen atoms in total. The van der Waals surface area contributed by atoms with E-state index in [2.05, 4.69) is 10.6 Å². The van der Waals surface area contributed by atoms with E-state index < -0.39 is 29.7 Å². The molecule has 0 unspecified atom stereocenters. The van der Waals surface area contributed by atoms with Crippen LogP contribution in [-0.2, 0) is 27.2 Å². The summed E-state index contributed by atoms with van der Waals surface area (Å²) in [6, 6.07) is 12.9. The maximum atomic E-state index is 13.0. The van der Waals surface area contributed by atoms with Gasteiger partial charge in [0, 0.05) is 19.8 Å². The highest BCUT2D eigenvalue weighted by atomic mass is 19.1. The Labute approximate surface area is 156 Å². The van der Waals surface area contributed by atoms with E-state index in [1.54, 1.807) is 0 Å². The van der Waals surface area contributed by atoms with Gasteiger partial charge in [-0.2, -0.15) is 0 Å². The number of nitrogens with one attached hydrogen (secondary N) is 2. The summed E-state index contributed by atoms with van der Waals surface area (Å²) in [6.45, 7) is 1.31. The molecule has 2 atom stereocenters. The fraction of sp³-hybridized carbons (Fsp3) is 0.250. The van der Waals surface area contributed by atoms with Crippen LogP contribution < -0.4 is 16.4 Å². The van der Waals surface area contributed by atoms with Crippen LogP contribution in [0.3, 0.4) is 0 Å². The van der Waals surface area contributed by atoms with Crippen LogP contribution in [0.15, 0.2) is 54.6 Å². The zero-order valence-corrected chi connectivity index (χ0v) is 14.9. The molecule has 3 amide bonds. The predicted molar refractivity (Wildman–Crippen MR) is 99.0 cm³/mol. The standard InChI is InChI=1S/C20H22FN3O3/c1-13(25)23-18(12-14-5-3-2-4-6-14)20(27)24-17(19(22)26)11-15-7-9-16(21)10-8-15/h2-10,17-18H,11-12H2,1H3,(H2,22,26)(H,23,25)(H,24,27)/t17-,18-/m0/s1. The summed E-state index contributed by atoms with van der Waals surface area (Å²) >= 11 is 0. The smallest absolute Gasteiger partial charge is 0.243 e. The van der Waals surface area contributed by atoms with Crippen LogP contribution in [0.25, 0.3) is 0 Å². The number of carbonyl (C=O) groups excluding carboxylic acids is 3. The van der Waals surface area contributed by atoms with Crippen molar-refractivity contribution in [3.63, 3.8) is 0 Å². The number of benzene rings is 2. The van der Waals surface area contributed by atoms with Crippen LogP contribution in [-0.4, -0.2) is 29.8 Å². The minimum absolute atomic E-state index is 0.124. The third kappa shape index (κ3) is 6.54. The molecule has 0 aliphatic heterocycles. The molecule has 0 saturated carbocycles. The Kier molecular flexibility index (Phi) is 7.05. The molecule has 142 valence electrons. The first-order chi connectivity index (χ1) is 12.8. The molecule has 0 heterocycles. The van der Waals surface area contributed by atoms with E-state index >= 15 is 0 Å². The van der Waals surface area contributed by atoms with Gasteiger partial charge in [-0.1, -0.05) is 42.5 Å². The lowest BCUT2D eigenvalue weighted by atomic mass is 10.0. The molecule has 2 aromatic rings. The Balaban J connectivity index is 2.10. The van der Waals surface area contributed by atoms with Crippen LogP contribution in [0.1, 0.15) is 18.1 Å². The second kappa shape index (κ2) is 9.47. The van der Waals surface area contributed by atoms with Gasteiger partial charge in [-0.15, -0.1) is 0 Å². The van der Waals surface area contributed by atoms with E-state index in [4.69, 9.17) is 5.73 Å². The molecule has 27 heavy (non-hydrogen) atoms. The molecule has 4 N–H and O–H groups in total. The van der Waals surface area contributed by atoms with Gasteiger partial charge in [0.25, 0.3) is 0 Å². The van der Waals surface area contributed by atoms with Gasteiger partial charge >= 0.3 is 0 Å². The Morgan fingerprint density at radius 3 is 2.00 bits per heavy atom. The van der Waals surface area contributed by atoms with E-state index in [1.165, 1.54) is 31.2 Å². The van der Waals surface area contributed by atoms with Crippen molar-refractivity contribution in [2.45, 2.75) is 31.8 Å². The quantitative estimate of drug-likeness (QED) is 0.647. The summed E-state index contributed by atoms with van der Waals surface area (Å²) in [6.07, 6.45) is 0.397. The summed E-state index contributed by atoms with van der Waals surface area (Å²) in [4.78, 5) is 35.9. The second-order valence-electron chi connectivity index (χ2n) is 6.24. The number of halogens is 1. The Hall–Kier alpha value is -3.22. The topological polar surface area (TPSA) is 101 Å². The van der Waals surface area contributed by atoms with E-state index in [9.17, 15) is 18.8 Å². The second-order valence-corrected chi connectivity index (χ2v) is 6.24. The highest BCUT2D eigenvalue weighted by Crippen LogP contribution is 2.08. The maximum Gasteiger partial charge on any atom is 0.243 e. The first-order valence-electron chi connectivity index (χ1n) is 8.50. The number of primary amides is 1. The minimum Gasteiger partial charge on any atom is -0.368 e. The number of hydrogen-bond acceptors (Lipinski definition) is 3. The van der Waals surface area contributed by atoms with Crippen LogP contribution >= 0.6 is 0 Å². The van der Waals surface area contributed by atoms with Gasteiger partial charge < -0.3 is 16.4 Å². The summed E-state index contributed by atoms with van der Waals surface area (Å²) in [5.41, 5.74) is 6.92.